The lowest BCUT2D eigenvalue weighted by atomic mass is 10.1. The molecule has 0 aliphatic rings. The van der Waals surface area contributed by atoms with Gasteiger partial charge in [-0.2, -0.15) is 0 Å². The molecule has 1 amide bonds. The lowest BCUT2D eigenvalue weighted by Gasteiger charge is -2.14. The number of amides is 1. The molecule has 19 heavy (non-hydrogen) atoms. The normalized spacial score (nSPS) is 11.8. The quantitative estimate of drug-likeness (QED) is 0.652. The highest BCUT2D eigenvalue weighted by atomic mass is 16.5. The topological polar surface area (TPSA) is 102 Å². The molecular formula is C13H18N2O4. The van der Waals surface area contributed by atoms with Crippen molar-refractivity contribution in [1.82, 2.24) is 0 Å². The predicted octanol–water partition coefficient (Wildman–Crippen LogP) is 0.546. The smallest absolute Gasteiger partial charge is 0.221 e. The Kier molecular flexibility index (Phi) is 5.47. The number of nitrogens with two attached hydrogens (primary N) is 1. The fourth-order valence-electron chi connectivity index (χ4n) is 1.47. The van der Waals surface area contributed by atoms with Crippen LogP contribution in [-0.4, -0.2) is 36.1 Å². The van der Waals surface area contributed by atoms with Crippen LogP contribution in [0.4, 0.5) is 5.69 Å². The summed E-state index contributed by atoms with van der Waals surface area (Å²) in [5.74, 6) is -0.0553. The molecular weight excluding hydrogens is 248 g/mol. The van der Waals surface area contributed by atoms with Crippen LogP contribution in [0.25, 0.3) is 0 Å². The molecule has 6 nitrogen and oxygen atoms in total. The molecule has 104 valence electrons. The second-order valence-corrected chi connectivity index (χ2v) is 4.15. The van der Waals surface area contributed by atoms with Gasteiger partial charge in [0.2, 0.25) is 5.91 Å². The van der Waals surface area contributed by atoms with Gasteiger partial charge in [0.05, 0.1) is 5.56 Å². The first-order valence-electron chi connectivity index (χ1n) is 5.87. The molecule has 0 saturated carbocycles. The summed E-state index contributed by atoms with van der Waals surface area (Å²) in [5.41, 5.74) is 6.13. The van der Waals surface area contributed by atoms with Gasteiger partial charge < -0.3 is 20.9 Å². The van der Waals surface area contributed by atoms with Crippen LogP contribution < -0.4 is 15.8 Å². The number of hydrogen-bond acceptors (Lipinski definition) is 5. The Hall–Kier alpha value is -1.92. The van der Waals surface area contributed by atoms with Crippen molar-refractivity contribution in [3.05, 3.63) is 23.8 Å². The summed E-state index contributed by atoms with van der Waals surface area (Å²) >= 11 is 0. The van der Waals surface area contributed by atoms with E-state index < -0.39 is 6.10 Å². The molecule has 1 aromatic carbocycles. The van der Waals surface area contributed by atoms with Crippen molar-refractivity contribution in [2.75, 3.05) is 18.5 Å². The molecule has 0 radical (unpaired) electrons. The van der Waals surface area contributed by atoms with Crippen molar-refractivity contribution in [3.63, 3.8) is 0 Å². The summed E-state index contributed by atoms with van der Waals surface area (Å²) in [6.07, 6.45) is -0.783. The zero-order chi connectivity index (χ0) is 14.4. The fourth-order valence-corrected chi connectivity index (χ4v) is 1.47. The van der Waals surface area contributed by atoms with Gasteiger partial charge in [-0.3, -0.25) is 9.59 Å². The van der Waals surface area contributed by atoms with Crippen molar-refractivity contribution >= 4 is 17.4 Å². The van der Waals surface area contributed by atoms with E-state index >= 15 is 0 Å². The first kappa shape index (κ1) is 15.1. The van der Waals surface area contributed by atoms with Gasteiger partial charge in [0.25, 0.3) is 0 Å². The van der Waals surface area contributed by atoms with Gasteiger partial charge in [-0.05, 0) is 25.1 Å². The van der Waals surface area contributed by atoms with Crippen LogP contribution >= 0.6 is 0 Å². The van der Waals surface area contributed by atoms with E-state index in [0.717, 1.165) is 0 Å². The fraction of sp³-hybridized carbons (Fsp3) is 0.385. The zero-order valence-electron chi connectivity index (χ0n) is 11.0. The predicted molar refractivity (Wildman–Crippen MR) is 71.3 cm³/mol. The molecule has 0 bridgehead atoms. The Morgan fingerprint density at radius 3 is 2.63 bits per heavy atom. The maximum atomic E-state index is 11.5. The van der Waals surface area contributed by atoms with Crippen molar-refractivity contribution in [2.45, 2.75) is 20.0 Å². The average molecular weight is 266 g/mol. The van der Waals surface area contributed by atoms with Crippen LogP contribution in [0.1, 0.15) is 24.2 Å². The minimum absolute atomic E-state index is 0.0102. The largest absolute Gasteiger partial charge is 0.490 e. The minimum Gasteiger partial charge on any atom is -0.490 e. The number of ether oxygens (including phenoxy) is 1. The lowest BCUT2D eigenvalue weighted by molar-refractivity contribution is -0.114. The van der Waals surface area contributed by atoms with Crippen molar-refractivity contribution < 1.29 is 19.4 Å². The van der Waals surface area contributed by atoms with E-state index in [1.54, 1.807) is 12.1 Å². The number of aliphatic hydroxyl groups is 1. The van der Waals surface area contributed by atoms with Crippen LogP contribution in [0.5, 0.6) is 5.75 Å². The molecule has 0 aromatic heterocycles. The second kappa shape index (κ2) is 6.86. The third-order valence-electron chi connectivity index (χ3n) is 2.38. The molecule has 1 atom stereocenters. The summed E-state index contributed by atoms with van der Waals surface area (Å²) in [5, 5.41) is 11.9. The van der Waals surface area contributed by atoms with Crippen molar-refractivity contribution in [1.29, 1.82) is 0 Å². The monoisotopic (exact) mass is 266 g/mol. The number of benzene rings is 1. The number of nitrogens with one attached hydrogen (secondary N) is 1. The highest BCUT2D eigenvalue weighted by molar-refractivity contribution is 5.99. The first-order chi connectivity index (χ1) is 8.93. The molecule has 0 heterocycles. The standard InChI is InChI=1S/C13H18N2O4/c1-8(16)12-5-10(15-9(2)17)3-4-13(12)19-7-11(18)6-14/h3-5,11,18H,6-7,14H2,1-2H3,(H,15,17). The molecule has 0 saturated heterocycles. The van der Waals surface area contributed by atoms with Crippen LogP contribution in [0.2, 0.25) is 0 Å². The number of carbonyl (C=O) groups is 2. The first-order valence-corrected chi connectivity index (χ1v) is 5.87. The van der Waals surface area contributed by atoms with E-state index in [4.69, 9.17) is 10.5 Å². The number of hydrogen-bond donors (Lipinski definition) is 3. The van der Waals surface area contributed by atoms with Crippen LogP contribution in [-0.2, 0) is 4.79 Å². The molecule has 1 rings (SSSR count). The average Bonchev–Trinajstić information content (AvgIpc) is 2.35. The van der Waals surface area contributed by atoms with Crippen molar-refractivity contribution in [2.24, 2.45) is 5.73 Å². The van der Waals surface area contributed by atoms with Crippen molar-refractivity contribution in [3.8, 4) is 5.75 Å². The maximum absolute atomic E-state index is 11.5. The van der Waals surface area contributed by atoms with E-state index in [-0.39, 0.29) is 24.8 Å². The summed E-state index contributed by atoms with van der Waals surface area (Å²) < 4.78 is 5.35. The van der Waals surface area contributed by atoms with Gasteiger partial charge in [-0.25, -0.2) is 0 Å². The lowest BCUT2D eigenvalue weighted by Crippen LogP contribution is -2.26. The third-order valence-corrected chi connectivity index (χ3v) is 2.38. The second-order valence-electron chi connectivity index (χ2n) is 4.15. The van der Waals surface area contributed by atoms with E-state index in [1.165, 1.54) is 19.9 Å². The minimum atomic E-state index is -0.783. The van der Waals surface area contributed by atoms with Crippen LogP contribution in [0.3, 0.4) is 0 Å². The number of anilines is 1. The van der Waals surface area contributed by atoms with Gasteiger partial charge in [0, 0.05) is 19.2 Å². The Morgan fingerprint density at radius 1 is 1.42 bits per heavy atom. The summed E-state index contributed by atoms with van der Waals surface area (Å²) in [7, 11) is 0. The number of rotatable bonds is 6. The molecule has 4 N–H and O–H groups in total. The number of aliphatic hydroxyl groups excluding tert-OH is 1. The third kappa shape index (κ3) is 4.69. The Morgan fingerprint density at radius 2 is 2.11 bits per heavy atom. The maximum Gasteiger partial charge on any atom is 0.221 e. The molecule has 0 aliphatic carbocycles. The molecule has 1 aromatic rings. The number of ketones is 1. The molecule has 1 unspecified atom stereocenters. The Bertz CT molecular complexity index is 474. The van der Waals surface area contributed by atoms with Gasteiger partial charge in [-0.1, -0.05) is 0 Å². The molecule has 0 spiro atoms. The van der Waals surface area contributed by atoms with Gasteiger partial charge in [0.1, 0.15) is 18.5 Å². The Balaban J connectivity index is 2.91. The highest BCUT2D eigenvalue weighted by Crippen LogP contribution is 2.23. The summed E-state index contributed by atoms with van der Waals surface area (Å²) in [4.78, 5) is 22.5. The van der Waals surface area contributed by atoms with E-state index in [9.17, 15) is 14.7 Å². The molecule has 0 aliphatic heterocycles. The van der Waals surface area contributed by atoms with Gasteiger partial charge >= 0.3 is 0 Å². The summed E-state index contributed by atoms with van der Waals surface area (Å²) in [6, 6.07) is 4.73. The highest BCUT2D eigenvalue weighted by Gasteiger charge is 2.12. The van der Waals surface area contributed by atoms with Gasteiger partial charge in [-0.15, -0.1) is 0 Å². The zero-order valence-corrected chi connectivity index (χ0v) is 11.0. The van der Waals surface area contributed by atoms with E-state index in [0.29, 0.717) is 17.0 Å². The Labute approximate surface area is 111 Å². The van der Waals surface area contributed by atoms with Gasteiger partial charge in [0.15, 0.2) is 5.78 Å². The number of Topliss-reactive ketones (excluding diaryl/α,β-unsaturated/α-hetero) is 1. The number of carbonyl (C=O) groups excluding carboxylic acids is 2. The van der Waals surface area contributed by atoms with Crippen LogP contribution in [0.15, 0.2) is 18.2 Å². The SMILES string of the molecule is CC(=O)Nc1ccc(OCC(O)CN)c(C(C)=O)c1. The summed E-state index contributed by atoms with van der Waals surface area (Å²) in [6.45, 7) is 2.88. The van der Waals surface area contributed by atoms with Crippen LogP contribution in [0, 0.1) is 0 Å². The van der Waals surface area contributed by atoms with E-state index in [1.807, 2.05) is 0 Å². The molecule has 0 fully saturated rings. The van der Waals surface area contributed by atoms with E-state index in [2.05, 4.69) is 5.32 Å². The molecule has 6 heteroatoms.